The molecule has 0 amide bonds. The van der Waals surface area contributed by atoms with Gasteiger partial charge in [0.25, 0.3) is 0 Å². The third-order valence-corrected chi connectivity index (χ3v) is 4.41. The monoisotopic (exact) mass is 446 g/mol. The average Bonchev–Trinajstić information content (AvgIpc) is 2.86. The largest absolute Gasteiger partial charge is 0.295 e. The number of aryl methyl sites for hydroxylation is 1. The number of hydrogen-bond donors (Lipinski definition) is 0. The molecular weight excluding hydrogens is 407 g/mol. The number of rotatable bonds is 4. The van der Waals surface area contributed by atoms with Crippen LogP contribution >= 0.6 is 0 Å². The Morgan fingerprint density at radius 3 is 1.73 bits per heavy atom. The molecule has 176 valence electrons. The van der Waals surface area contributed by atoms with Crippen LogP contribution < -0.4 is 0 Å². The Balaban J connectivity index is 0.000000549. The van der Waals surface area contributed by atoms with Gasteiger partial charge in [0.15, 0.2) is 5.78 Å². The van der Waals surface area contributed by atoms with Crippen molar-refractivity contribution >= 4 is 5.78 Å². The predicted octanol–water partition coefficient (Wildman–Crippen LogP) is 9.28. The van der Waals surface area contributed by atoms with Crippen molar-refractivity contribution < 1.29 is 9.18 Å². The van der Waals surface area contributed by atoms with E-state index in [2.05, 4.69) is 50.0 Å². The highest BCUT2D eigenvalue weighted by Gasteiger charge is 2.01. The molecule has 3 aromatic carbocycles. The Morgan fingerprint density at radius 1 is 0.788 bits per heavy atom. The second kappa shape index (κ2) is 18.4. The van der Waals surface area contributed by atoms with Gasteiger partial charge in [-0.25, -0.2) is 4.39 Å². The van der Waals surface area contributed by atoms with Gasteiger partial charge in [0, 0.05) is 17.5 Å². The van der Waals surface area contributed by atoms with Crippen LogP contribution in [0.2, 0.25) is 0 Å². The highest BCUT2D eigenvalue weighted by molar-refractivity contribution is 5.94. The highest BCUT2D eigenvalue weighted by atomic mass is 19.1. The first-order chi connectivity index (χ1) is 16.0. The van der Waals surface area contributed by atoms with Crippen molar-refractivity contribution in [3.8, 4) is 23.0 Å². The maximum absolute atomic E-state index is 12.7. The molecule has 0 bridgehead atoms. The lowest BCUT2D eigenvalue weighted by atomic mass is 10.0. The third-order valence-electron chi connectivity index (χ3n) is 4.41. The lowest BCUT2D eigenvalue weighted by Gasteiger charge is -2.02. The first-order valence-electron chi connectivity index (χ1n) is 11.9. The molecule has 2 heteroatoms. The fourth-order valence-corrected chi connectivity index (χ4v) is 2.61. The summed E-state index contributed by atoms with van der Waals surface area (Å²) in [6.07, 6.45) is 3.45. The summed E-state index contributed by atoms with van der Waals surface area (Å²) < 4.78 is 12.7. The number of carbonyl (C=O) groups is 1. The molecule has 0 saturated heterocycles. The van der Waals surface area contributed by atoms with Crippen LogP contribution in [0.25, 0.3) is 11.1 Å². The molecule has 0 aliphatic carbocycles. The van der Waals surface area contributed by atoms with E-state index in [1.807, 2.05) is 39.8 Å². The van der Waals surface area contributed by atoms with Crippen molar-refractivity contribution in [3.63, 3.8) is 0 Å². The molecule has 0 saturated carbocycles. The standard InChI is InChI=1S/C14H11FO.C13H16.2C2H6/c1-10(16)11-2-4-12(5-3-11)13-6-8-14(15)9-7-13;1-3-4-5-6-7-13-10-8-12(2)9-11-13;2*1-2/h2-9H,1H3;8-11H,3-5H2,1-2H3;2*1-2H3. The summed E-state index contributed by atoms with van der Waals surface area (Å²) in [5.41, 5.74) is 5.02. The van der Waals surface area contributed by atoms with E-state index in [9.17, 15) is 9.18 Å². The zero-order valence-corrected chi connectivity index (χ0v) is 21.3. The van der Waals surface area contributed by atoms with Crippen LogP contribution in [0.5, 0.6) is 0 Å². The van der Waals surface area contributed by atoms with E-state index >= 15 is 0 Å². The summed E-state index contributed by atoms with van der Waals surface area (Å²) >= 11 is 0. The second-order valence-electron chi connectivity index (χ2n) is 6.91. The zero-order valence-electron chi connectivity index (χ0n) is 21.3. The SMILES string of the molecule is CC.CC.CC(=O)c1ccc(-c2ccc(F)cc2)cc1.CCCCC#Cc1ccc(C)cc1. The Morgan fingerprint density at radius 2 is 1.27 bits per heavy atom. The van der Waals surface area contributed by atoms with E-state index < -0.39 is 0 Å². The predicted molar refractivity (Wildman–Crippen MR) is 142 cm³/mol. The normalized spacial score (nSPS) is 8.85. The molecule has 3 rings (SSSR count). The Labute approximate surface area is 201 Å². The van der Waals surface area contributed by atoms with E-state index in [1.165, 1.54) is 37.5 Å². The van der Waals surface area contributed by atoms with Crippen LogP contribution in [0.1, 0.15) is 82.3 Å². The molecule has 0 unspecified atom stereocenters. The van der Waals surface area contributed by atoms with Crippen molar-refractivity contribution in [1.82, 2.24) is 0 Å². The summed E-state index contributed by atoms with van der Waals surface area (Å²) in [5, 5.41) is 0. The molecule has 3 aromatic rings. The fourth-order valence-electron chi connectivity index (χ4n) is 2.61. The molecule has 0 aromatic heterocycles. The van der Waals surface area contributed by atoms with Gasteiger partial charge in [-0.05, 0) is 55.7 Å². The van der Waals surface area contributed by atoms with Crippen molar-refractivity contribution in [2.45, 2.75) is 67.7 Å². The maximum atomic E-state index is 12.7. The average molecular weight is 447 g/mol. The van der Waals surface area contributed by atoms with Gasteiger partial charge in [-0.15, -0.1) is 0 Å². The molecule has 1 nitrogen and oxygen atoms in total. The first-order valence-corrected chi connectivity index (χ1v) is 11.9. The highest BCUT2D eigenvalue weighted by Crippen LogP contribution is 2.20. The number of ketones is 1. The lowest BCUT2D eigenvalue weighted by Crippen LogP contribution is -1.90. The van der Waals surface area contributed by atoms with Gasteiger partial charge in [-0.3, -0.25) is 4.79 Å². The Hall–Kier alpha value is -3.18. The molecule has 0 aliphatic heterocycles. The van der Waals surface area contributed by atoms with E-state index in [0.717, 1.165) is 23.1 Å². The number of Topliss-reactive ketones (excluding diaryl/α,β-unsaturated/α-hetero) is 1. The van der Waals surface area contributed by atoms with Gasteiger partial charge in [-0.1, -0.05) is 107 Å². The molecule has 0 radical (unpaired) electrons. The first kappa shape index (κ1) is 29.8. The molecule has 0 spiro atoms. The number of carbonyl (C=O) groups excluding carboxylic acids is 1. The van der Waals surface area contributed by atoms with E-state index in [-0.39, 0.29) is 11.6 Å². The summed E-state index contributed by atoms with van der Waals surface area (Å²) in [7, 11) is 0. The van der Waals surface area contributed by atoms with Crippen LogP contribution in [-0.4, -0.2) is 5.78 Å². The van der Waals surface area contributed by atoms with Crippen LogP contribution in [0.15, 0.2) is 72.8 Å². The minimum atomic E-state index is -0.246. The van der Waals surface area contributed by atoms with Crippen molar-refractivity contribution in [2.75, 3.05) is 0 Å². The third kappa shape index (κ3) is 12.4. The molecule has 33 heavy (non-hydrogen) atoms. The number of halogens is 1. The smallest absolute Gasteiger partial charge is 0.159 e. The van der Waals surface area contributed by atoms with Crippen molar-refractivity contribution in [3.05, 3.63) is 95.3 Å². The van der Waals surface area contributed by atoms with Crippen LogP contribution in [0.3, 0.4) is 0 Å². The Bertz CT molecular complexity index is 957. The van der Waals surface area contributed by atoms with Gasteiger partial charge in [-0.2, -0.15) is 0 Å². The molecule has 0 N–H and O–H groups in total. The number of benzene rings is 3. The van der Waals surface area contributed by atoms with Gasteiger partial charge < -0.3 is 0 Å². The Kier molecular flexibility index (Phi) is 16.6. The topological polar surface area (TPSA) is 17.1 Å². The second-order valence-corrected chi connectivity index (χ2v) is 6.91. The summed E-state index contributed by atoms with van der Waals surface area (Å²) in [6, 6.07) is 21.9. The summed E-state index contributed by atoms with van der Waals surface area (Å²) in [6.45, 7) is 13.8. The van der Waals surface area contributed by atoms with Crippen molar-refractivity contribution in [1.29, 1.82) is 0 Å². The van der Waals surface area contributed by atoms with Crippen LogP contribution in [0.4, 0.5) is 4.39 Å². The van der Waals surface area contributed by atoms with E-state index in [4.69, 9.17) is 0 Å². The van der Waals surface area contributed by atoms with Gasteiger partial charge >= 0.3 is 0 Å². The maximum Gasteiger partial charge on any atom is 0.159 e. The van der Waals surface area contributed by atoms with E-state index in [1.54, 1.807) is 24.3 Å². The lowest BCUT2D eigenvalue weighted by molar-refractivity contribution is 0.101. The molecule has 0 atom stereocenters. The van der Waals surface area contributed by atoms with Crippen LogP contribution in [-0.2, 0) is 0 Å². The van der Waals surface area contributed by atoms with Crippen LogP contribution in [0, 0.1) is 24.6 Å². The summed E-state index contributed by atoms with van der Waals surface area (Å²) in [5.74, 6) is 6.13. The molecule has 0 heterocycles. The zero-order chi connectivity index (χ0) is 25.1. The minimum absolute atomic E-state index is 0.0469. The number of hydrogen-bond acceptors (Lipinski definition) is 1. The molecule has 0 aliphatic rings. The molecular formula is C31H39FO. The fraction of sp³-hybridized carbons (Fsp3) is 0.323. The van der Waals surface area contributed by atoms with Crippen molar-refractivity contribution in [2.24, 2.45) is 0 Å². The number of unbranched alkanes of at least 4 members (excludes halogenated alkanes) is 2. The summed E-state index contributed by atoms with van der Waals surface area (Å²) in [4.78, 5) is 11.1. The van der Waals surface area contributed by atoms with Gasteiger partial charge in [0.05, 0.1) is 0 Å². The van der Waals surface area contributed by atoms with E-state index in [0.29, 0.717) is 5.56 Å². The quantitative estimate of drug-likeness (QED) is 0.222. The van der Waals surface area contributed by atoms with Gasteiger partial charge in [0.1, 0.15) is 5.82 Å². The molecule has 0 fully saturated rings. The minimum Gasteiger partial charge on any atom is -0.295 e. The van der Waals surface area contributed by atoms with Gasteiger partial charge in [0.2, 0.25) is 0 Å².